The number of nitrogens with one attached hydrogen (secondary N) is 2. The quantitative estimate of drug-likeness (QED) is 0.793. The van der Waals surface area contributed by atoms with Gasteiger partial charge in [0, 0.05) is 18.2 Å². The van der Waals surface area contributed by atoms with Crippen molar-refractivity contribution in [1.29, 1.82) is 0 Å². The predicted molar refractivity (Wildman–Crippen MR) is 97.1 cm³/mol. The largest absolute Gasteiger partial charge is 0.347 e. The molecule has 7 heteroatoms. The molecule has 0 saturated carbocycles. The number of rotatable bonds is 5. The first-order valence-corrected chi connectivity index (χ1v) is 8.40. The Balaban J connectivity index is 2.11. The molecule has 1 unspecified atom stereocenters. The van der Waals surface area contributed by atoms with Crippen molar-refractivity contribution in [2.75, 3.05) is 13.6 Å². The van der Waals surface area contributed by atoms with E-state index in [2.05, 4.69) is 10.4 Å². The minimum atomic E-state index is -0.223. The van der Waals surface area contributed by atoms with Gasteiger partial charge < -0.3 is 14.8 Å². The van der Waals surface area contributed by atoms with Crippen LogP contribution in [-0.2, 0) is 18.5 Å². The van der Waals surface area contributed by atoms with Gasteiger partial charge in [0.25, 0.3) is 5.91 Å². The first-order chi connectivity index (χ1) is 11.2. The first kappa shape index (κ1) is 18.4. The van der Waals surface area contributed by atoms with Crippen molar-refractivity contribution in [3.63, 3.8) is 0 Å². The average Bonchev–Trinajstić information content (AvgIpc) is 2.74. The maximum Gasteiger partial charge on any atom is 0.275 e. The number of carbonyl (C=O) groups excluding carboxylic acids is 1. The van der Waals surface area contributed by atoms with Gasteiger partial charge in [-0.2, -0.15) is 4.68 Å². The molecule has 0 spiro atoms. The minimum absolute atomic E-state index is 0.0192. The van der Waals surface area contributed by atoms with Gasteiger partial charge in [-0.15, -0.1) is 5.10 Å². The molecule has 0 saturated heterocycles. The Morgan fingerprint density at radius 1 is 1.29 bits per heavy atom. The summed E-state index contributed by atoms with van der Waals surface area (Å²) in [5.41, 5.74) is 0.798. The summed E-state index contributed by atoms with van der Waals surface area (Å²) in [4.78, 5) is 13.1. The molecular formula is C17H26N5OS+. The van der Waals surface area contributed by atoms with Gasteiger partial charge in [-0.1, -0.05) is 30.3 Å². The summed E-state index contributed by atoms with van der Waals surface area (Å²) in [5, 5.41) is 7.60. The van der Waals surface area contributed by atoms with Crippen LogP contribution in [0.2, 0.25) is 0 Å². The number of likely N-dealkylation sites (N-methyl/N-ethyl adjacent to an activating group) is 1. The summed E-state index contributed by atoms with van der Waals surface area (Å²) in [5.74, 6) is 0.846. The van der Waals surface area contributed by atoms with Gasteiger partial charge in [0.05, 0.1) is 7.05 Å². The van der Waals surface area contributed by atoms with Crippen molar-refractivity contribution >= 4 is 18.1 Å². The van der Waals surface area contributed by atoms with E-state index in [-0.39, 0.29) is 11.4 Å². The van der Waals surface area contributed by atoms with E-state index in [1.807, 2.05) is 69.8 Å². The van der Waals surface area contributed by atoms with Crippen molar-refractivity contribution in [2.45, 2.75) is 33.0 Å². The third-order valence-electron chi connectivity index (χ3n) is 3.47. The molecule has 0 fully saturated rings. The van der Waals surface area contributed by atoms with Crippen LogP contribution in [0.25, 0.3) is 11.4 Å². The first-order valence-electron chi connectivity index (χ1n) is 7.99. The Hall–Kier alpha value is -1.99. The van der Waals surface area contributed by atoms with Gasteiger partial charge in [0.2, 0.25) is 4.77 Å². The second kappa shape index (κ2) is 7.27. The summed E-state index contributed by atoms with van der Waals surface area (Å²) in [6.45, 7) is 6.83. The molecule has 1 aromatic heterocycles. The lowest BCUT2D eigenvalue weighted by atomic mass is 10.1. The van der Waals surface area contributed by atoms with Gasteiger partial charge in [0.1, 0.15) is 0 Å². The van der Waals surface area contributed by atoms with Crippen LogP contribution in [-0.4, -0.2) is 39.4 Å². The summed E-state index contributed by atoms with van der Waals surface area (Å²) in [6, 6.07) is 9.95. The van der Waals surface area contributed by atoms with E-state index in [9.17, 15) is 4.79 Å². The van der Waals surface area contributed by atoms with Crippen LogP contribution >= 0.6 is 12.2 Å². The maximum absolute atomic E-state index is 12.0. The lowest BCUT2D eigenvalue weighted by molar-refractivity contribution is -0.895. The number of carbonyl (C=O) groups is 1. The van der Waals surface area contributed by atoms with Gasteiger partial charge in [0.15, 0.2) is 19.0 Å². The molecule has 2 rings (SSSR count). The Morgan fingerprint density at radius 2 is 1.92 bits per heavy atom. The van der Waals surface area contributed by atoms with E-state index in [4.69, 9.17) is 12.2 Å². The van der Waals surface area contributed by atoms with Crippen molar-refractivity contribution in [3.05, 3.63) is 35.1 Å². The number of hydrogen-bond donors (Lipinski definition) is 2. The highest BCUT2D eigenvalue weighted by Gasteiger charge is 2.18. The molecule has 6 nitrogen and oxygen atoms in total. The molecule has 24 heavy (non-hydrogen) atoms. The van der Waals surface area contributed by atoms with E-state index in [1.165, 1.54) is 0 Å². The van der Waals surface area contributed by atoms with Crippen molar-refractivity contribution in [1.82, 2.24) is 19.7 Å². The zero-order valence-electron chi connectivity index (χ0n) is 15.0. The number of hydrogen-bond acceptors (Lipinski definition) is 3. The van der Waals surface area contributed by atoms with Crippen LogP contribution < -0.4 is 10.2 Å². The summed E-state index contributed by atoms with van der Waals surface area (Å²) < 4.78 is 4.31. The molecule has 2 N–H and O–H groups in total. The van der Waals surface area contributed by atoms with Gasteiger partial charge in [-0.3, -0.25) is 4.79 Å². The molecule has 130 valence electrons. The Bertz CT molecular complexity index is 758. The molecule has 1 heterocycles. The molecule has 2 aromatic rings. The number of aromatic nitrogens is 3. The van der Waals surface area contributed by atoms with Crippen LogP contribution in [0.5, 0.6) is 0 Å². The molecule has 0 radical (unpaired) electrons. The smallest absolute Gasteiger partial charge is 0.275 e. The molecule has 1 atom stereocenters. The Kier molecular flexibility index (Phi) is 5.56. The number of benzene rings is 1. The fourth-order valence-electron chi connectivity index (χ4n) is 2.48. The third-order valence-corrected chi connectivity index (χ3v) is 3.95. The van der Waals surface area contributed by atoms with Crippen molar-refractivity contribution in [2.24, 2.45) is 7.05 Å². The van der Waals surface area contributed by atoms with Crippen LogP contribution in [0.4, 0.5) is 0 Å². The topological polar surface area (TPSA) is 56.3 Å². The second-order valence-electron chi connectivity index (χ2n) is 7.12. The molecule has 0 aliphatic heterocycles. The highest BCUT2D eigenvalue weighted by atomic mass is 32.1. The highest BCUT2D eigenvalue weighted by molar-refractivity contribution is 7.71. The number of nitrogens with zero attached hydrogens (tertiary/aromatic N) is 3. The minimum Gasteiger partial charge on any atom is -0.347 e. The fourth-order valence-corrected chi connectivity index (χ4v) is 2.67. The van der Waals surface area contributed by atoms with Gasteiger partial charge in [-0.05, 0) is 33.0 Å². The molecular weight excluding hydrogens is 322 g/mol. The third kappa shape index (κ3) is 4.75. The van der Waals surface area contributed by atoms with E-state index in [1.54, 1.807) is 4.68 Å². The monoisotopic (exact) mass is 348 g/mol. The summed E-state index contributed by atoms with van der Waals surface area (Å²) in [7, 11) is 3.87. The Labute approximate surface area is 148 Å². The normalized spacial score (nSPS) is 12.9. The van der Waals surface area contributed by atoms with Crippen molar-refractivity contribution < 1.29 is 9.69 Å². The Morgan fingerprint density at radius 3 is 2.50 bits per heavy atom. The highest BCUT2D eigenvalue weighted by Crippen LogP contribution is 2.16. The average molecular weight is 348 g/mol. The predicted octanol–water partition coefficient (Wildman–Crippen LogP) is 1.00. The van der Waals surface area contributed by atoms with Crippen LogP contribution in [0, 0.1) is 4.77 Å². The van der Waals surface area contributed by atoms with Gasteiger partial charge >= 0.3 is 0 Å². The van der Waals surface area contributed by atoms with Crippen LogP contribution in [0.1, 0.15) is 20.8 Å². The summed E-state index contributed by atoms with van der Waals surface area (Å²) >= 11 is 5.48. The van der Waals surface area contributed by atoms with E-state index >= 15 is 0 Å². The molecule has 0 bridgehead atoms. The molecule has 1 aromatic carbocycles. The lowest BCUT2D eigenvalue weighted by Crippen LogP contribution is -3.09. The van der Waals surface area contributed by atoms with Crippen LogP contribution in [0.15, 0.2) is 30.3 Å². The number of quaternary nitrogens is 1. The van der Waals surface area contributed by atoms with Gasteiger partial charge in [-0.25, -0.2) is 0 Å². The zero-order valence-corrected chi connectivity index (χ0v) is 15.8. The van der Waals surface area contributed by atoms with E-state index in [0.29, 0.717) is 18.0 Å². The van der Waals surface area contributed by atoms with E-state index < -0.39 is 0 Å². The second-order valence-corrected chi connectivity index (χ2v) is 7.49. The fraction of sp³-hybridized carbons (Fsp3) is 0.471. The standard InChI is InChI=1S/C17H25N5OS/c1-17(2,3)18-14(23)11-20(4)12-22-16(24)21(5)15(19-22)13-9-7-6-8-10-13/h6-10H,11-12H2,1-5H3,(H,18,23)/p+1. The SMILES string of the molecule is Cn1c(-c2ccccc2)nn(C[NH+](C)CC(=O)NC(C)(C)C)c1=S. The summed E-state index contributed by atoms with van der Waals surface area (Å²) in [6.07, 6.45) is 0. The lowest BCUT2D eigenvalue weighted by Gasteiger charge is -2.21. The maximum atomic E-state index is 12.0. The molecule has 0 aliphatic rings. The zero-order chi connectivity index (χ0) is 17.9. The molecule has 0 aliphatic carbocycles. The van der Waals surface area contributed by atoms with Crippen molar-refractivity contribution in [3.8, 4) is 11.4 Å². The molecule has 1 amide bonds. The van der Waals surface area contributed by atoms with E-state index in [0.717, 1.165) is 16.3 Å². The number of amides is 1. The van der Waals surface area contributed by atoms with Crippen LogP contribution in [0.3, 0.4) is 0 Å².